The highest BCUT2D eigenvalue weighted by molar-refractivity contribution is 7.92. The summed E-state index contributed by atoms with van der Waals surface area (Å²) >= 11 is 0. The zero-order chi connectivity index (χ0) is 24.3. The lowest BCUT2D eigenvalue weighted by Gasteiger charge is -2.22. The van der Waals surface area contributed by atoms with E-state index in [0.29, 0.717) is 22.9 Å². The normalized spacial score (nSPS) is 14.7. The maximum Gasteiger partial charge on any atom is 0.232 e. The molecule has 1 fully saturated rings. The Kier molecular flexibility index (Phi) is 7.16. The molecule has 1 aliphatic rings. The van der Waals surface area contributed by atoms with Gasteiger partial charge in [0, 0.05) is 34.6 Å². The molecule has 0 aliphatic heterocycles. The van der Waals surface area contributed by atoms with Crippen LogP contribution in [0.5, 0.6) is 11.5 Å². The van der Waals surface area contributed by atoms with Crippen molar-refractivity contribution in [3.63, 3.8) is 0 Å². The van der Waals surface area contributed by atoms with Gasteiger partial charge in [-0.05, 0) is 74.7 Å². The van der Waals surface area contributed by atoms with Crippen molar-refractivity contribution in [2.45, 2.75) is 51.9 Å². The highest BCUT2D eigenvalue weighted by atomic mass is 32.2. The fourth-order valence-electron chi connectivity index (χ4n) is 4.29. The first kappa shape index (κ1) is 24.1. The number of sulfonamides is 1. The summed E-state index contributed by atoms with van der Waals surface area (Å²) in [5, 5.41) is 0. The van der Waals surface area contributed by atoms with Crippen LogP contribution in [-0.2, 0) is 10.0 Å². The number of hydrogen-bond acceptors (Lipinski definition) is 4. The lowest BCUT2D eigenvalue weighted by molar-refractivity contribution is 0.436. The van der Waals surface area contributed by atoms with Crippen molar-refractivity contribution in [1.82, 2.24) is 4.98 Å². The molecule has 0 unspecified atom stereocenters. The standard InChI is InChI=1S/C26H28F2N2O3S/c1-3-34(31,32)30-21-10-12-25(33-26-11-9-20(27)15-23(26)28)22(16-21)19-13-17(2)29-24(14-19)18-7-5-4-6-8-18/h9-16,18,30H,3-8H2,1-2H3. The number of anilines is 1. The van der Waals surface area contributed by atoms with Crippen LogP contribution in [0.2, 0.25) is 0 Å². The highest BCUT2D eigenvalue weighted by Gasteiger charge is 2.20. The van der Waals surface area contributed by atoms with E-state index in [1.165, 1.54) is 25.3 Å². The molecule has 1 aliphatic carbocycles. The number of nitrogens with one attached hydrogen (secondary N) is 1. The number of pyridine rings is 1. The second-order valence-electron chi connectivity index (χ2n) is 8.65. The molecule has 3 aromatic rings. The van der Waals surface area contributed by atoms with Crippen LogP contribution < -0.4 is 9.46 Å². The summed E-state index contributed by atoms with van der Waals surface area (Å²) < 4.78 is 60.4. The predicted octanol–water partition coefficient (Wildman–Crippen LogP) is 6.94. The SMILES string of the molecule is CCS(=O)(=O)Nc1ccc(Oc2ccc(F)cc2F)c(-c2cc(C)nc(C3CCCCC3)c2)c1. The average Bonchev–Trinajstić information content (AvgIpc) is 2.81. The van der Waals surface area contributed by atoms with Gasteiger partial charge >= 0.3 is 0 Å². The van der Waals surface area contributed by atoms with E-state index in [0.717, 1.165) is 41.9 Å². The molecule has 1 saturated carbocycles. The maximum atomic E-state index is 14.3. The van der Waals surface area contributed by atoms with Crippen LogP contribution in [0.3, 0.4) is 0 Å². The van der Waals surface area contributed by atoms with Crippen LogP contribution in [-0.4, -0.2) is 19.2 Å². The monoisotopic (exact) mass is 486 g/mol. The minimum absolute atomic E-state index is 0.0679. The Balaban J connectivity index is 1.80. The first-order chi connectivity index (χ1) is 16.2. The third kappa shape index (κ3) is 5.73. The molecule has 180 valence electrons. The van der Waals surface area contributed by atoms with E-state index in [-0.39, 0.29) is 11.5 Å². The van der Waals surface area contributed by atoms with Gasteiger partial charge in [-0.2, -0.15) is 0 Å². The summed E-state index contributed by atoms with van der Waals surface area (Å²) in [5.74, 6) is -1.02. The van der Waals surface area contributed by atoms with E-state index >= 15 is 0 Å². The molecule has 1 N–H and O–H groups in total. The lowest BCUT2D eigenvalue weighted by Crippen LogP contribution is -2.14. The molecular weight excluding hydrogens is 458 g/mol. The fourth-order valence-corrected chi connectivity index (χ4v) is 4.92. The van der Waals surface area contributed by atoms with Gasteiger partial charge in [-0.1, -0.05) is 19.3 Å². The van der Waals surface area contributed by atoms with Crippen LogP contribution in [0.1, 0.15) is 56.3 Å². The Morgan fingerprint density at radius 3 is 2.44 bits per heavy atom. The molecule has 8 heteroatoms. The number of rotatable bonds is 7. The number of halogens is 2. The first-order valence-corrected chi connectivity index (χ1v) is 13.2. The van der Waals surface area contributed by atoms with Crippen LogP contribution in [0.25, 0.3) is 11.1 Å². The van der Waals surface area contributed by atoms with Gasteiger partial charge < -0.3 is 4.74 Å². The molecule has 2 aromatic carbocycles. The van der Waals surface area contributed by atoms with Gasteiger partial charge in [0.2, 0.25) is 10.0 Å². The summed E-state index contributed by atoms with van der Waals surface area (Å²) in [6, 6.07) is 11.8. The number of aryl methyl sites for hydroxylation is 1. The molecule has 0 amide bonds. The van der Waals surface area contributed by atoms with Crippen molar-refractivity contribution in [3.8, 4) is 22.6 Å². The maximum absolute atomic E-state index is 14.3. The number of hydrogen-bond donors (Lipinski definition) is 1. The second kappa shape index (κ2) is 10.1. The van der Waals surface area contributed by atoms with E-state index in [4.69, 9.17) is 9.72 Å². The molecule has 1 aromatic heterocycles. The Morgan fingerprint density at radius 1 is 1.00 bits per heavy atom. The molecule has 1 heterocycles. The van der Waals surface area contributed by atoms with E-state index in [9.17, 15) is 17.2 Å². The number of nitrogens with zero attached hydrogens (tertiary/aromatic N) is 1. The van der Waals surface area contributed by atoms with Crippen molar-refractivity contribution >= 4 is 15.7 Å². The average molecular weight is 487 g/mol. The van der Waals surface area contributed by atoms with E-state index in [1.807, 2.05) is 19.1 Å². The minimum Gasteiger partial charge on any atom is -0.454 e. The van der Waals surface area contributed by atoms with E-state index in [2.05, 4.69) is 4.72 Å². The quantitative estimate of drug-likeness (QED) is 0.393. The molecule has 0 atom stereocenters. The number of benzene rings is 2. The number of aromatic nitrogens is 1. The van der Waals surface area contributed by atoms with Crippen LogP contribution in [0.15, 0.2) is 48.5 Å². The Morgan fingerprint density at radius 2 is 1.74 bits per heavy atom. The van der Waals surface area contributed by atoms with Crippen LogP contribution in [0.4, 0.5) is 14.5 Å². The Bertz CT molecular complexity index is 1290. The first-order valence-electron chi connectivity index (χ1n) is 11.5. The number of ether oxygens (including phenoxy) is 1. The molecule has 5 nitrogen and oxygen atoms in total. The zero-order valence-electron chi connectivity index (χ0n) is 19.3. The van der Waals surface area contributed by atoms with Crippen molar-refractivity contribution < 1.29 is 21.9 Å². The molecule has 0 radical (unpaired) electrons. The van der Waals surface area contributed by atoms with Gasteiger partial charge in [0.25, 0.3) is 0 Å². The van der Waals surface area contributed by atoms with Gasteiger partial charge in [0.15, 0.2) is 11.6 Å². The molecule has 0 bridgehead atoms. The minimum atomic E-state index is -3.49. The summed E-state index contributed by atoms with van der Waals surface area (Å²) in [6.45, 7) is 3.47. The van der Waals surface area contributed by atoms with Gasteiger partial charge in [0.1, 0.15) is 11.6 Å². The van der Waals surface area contributed by atoms with Gasteiger partial charge in [-0.25, -0.2) is 17.2 Å². The summed E-state index contributed by atoms with van der Waals surface area (Å²) in [4.78, 5) is 4.76. The van der Waals surface area contributed by atoms with Crippen molar-refractivity contribution in [2.24, 2.45) is 0 Å². The van der Waals surface area contributed by atoms with Gasteiger partial charge in [-0.3, -0.25) is 9.71 Å². The molecule has 0 spiro atoms. The molecule has 0 saturated heterocycles. The third-order valence-corrected chi connectivity index (χ3v) is 7.36. The molecular formula is C26H28F2N2O3S. The van der Waals surface area contributed by atoms with Crippen molar-refractivity contribution in [3.05, 3.63) is 71.6 Å². The van der Waals surface area contributed by atoms with Gasteiger partial charge in [-0.15, -0.1) is 0 Å². The second-order valence-corrected chi connectivity index (χ2v) is 10.7. The van der Waals surface area contributed by atoms with Crippen LogP contribution >= 0.6 is 0 Å². The predicted molar refractivity (Wildman–Crippen MR) is 130 cm³/mol. The molecule has 34 heavy (non-hydrogen) atoms. The summed E-state index contributed by atoms with van der Waals surface area (Å²) in [6.07, 6.45) is 5.73. The smallest absolute Gasteiger partial charge is 0.232 e. The van der Waals surface area contributed by atoms with E-state index < -0.39 is 21.7 Å². The van der Waals surface area contributed by atoms with E-state index in [1.54, 1.807) is 25.1 Å². The molecule has 4 rings (SSSR count). The van der Waals surface area contributed by atoms with Crippen molar-refractivity contribution in [1.29, 1.82) is 0 Å². The van der Waals surface area contributed by atoms with Crippen LogP contribution in [0, 0.1) is 18.6 Å². The Labute approximate surface area is 199 Å². The van der Waals surface area contributed by atoms with Crippen molar-refractivity contribution in [2.75, 3.05) is 10.5 Å². The Hall–Kier alpha value is -3.00. The third-order valence-electron chi connectivity index (χ3n) is 6.05. The topological polar surface area (TPSA) is 68.3 Å². The highest BCUT2D eigenvalue weighted by Crippen LogP contribution is 2.39. The largest absolute Gasteiger partial charge is 0.454 e. The lowest BCUT2D eigenvalue weighted by atomic mass is 9.85. The fraction of sp³-hybridized carbons (Fsp3) is 0.346. The summed E-state index contributed by atoms with van der Waals surface area (Å²) in [5.41, 5.74) is 3.58. The summed E-state index contributed by atoms with van der Waals surface area (Å²) in [7, 11) is -3.49. The van der Waals surface area contributed by atoms with Gasteiger partial charge in [0.05, 0.1) is 5.75 Å². The zero-order valence-corrected chi connectivity index (χ0v) is 20.1.